The van der Waals surface area contributed by atoms with Crippen molar-refractivity contribution in [2.75, 3.05) is 19.7 Å². The SMILES string of the molecule is O=C(c1ccc(S(=O)(=O)C(F)F)cc1)N1CCC(OCCCc2ccccc2)C1. The minimum Gasteiger partial charge on any atom is -0.376 e. The first-order valence-corrected chi connectivity index (χ1v) is 11.0. The summed E-state index contributed by atoms with van der Waals surface area (Å²) in [6.45, 7) is 1.61. The first kappa shape index (κ1) is 21.4. The van der Waals surface area contributed by atoms with Gasteiger partial charge < -0.3 is 9.64 Å². The van der Waals surface area contributed by atoms with Crippen LogP contribution in [0, 0.1) is 0 Å². The van der Waals surface area contributed by atoms with E-state index in [0.29, 0.717) is 19.7 Å². The first-order chi connectivity index (χ1) is 13.9. The highest BCUT2D eigenvalue weighted by atomic mass is 32.2. The standard InChI is InChI=1S/C21H23F2NO4S/c22-21(23)29(26,27)19-10-8-17(9-11-19)20(25)24-13-12-18(15-24)28-14-4-7-16-5-2-1-3-6-16/h1-3,5-6,8-11,18,21H,4,7,12-15H2. The quantitative estimate of drug-likeness (QED) is 0.609. The van der Waals surface area contributed by atoms with E-state index >= 15 is 0 Å². The number of carbonyl (C=O) groups is 1. The van der Waals surface area contributed by atoms with Gasteiger partial charge >= 0.3 is 5.76 Å². The van der Waals surface area contributed by atoms with Crippen LogP contribution in [0.2, 0.25) is 0 Å². The van der Waals surface area contributed by atoms with Crippen molar-refractivity contribution in [2.24, 2.45) is 0 Å². The maximum absolute atomic E-state index is 12.6. The molecule has 0 aliphatic carbocycles. The predicted octanol–water partition coefficient (Wildman–Crippen LogP) is 3.55. The second kappa shape index (κ2) is 9.45. The van der Waals surface area contributed by atoms with Crippen LogP contribution in [0.3, 0.4) is 0 Å². The fourth-order valence-electron chi connectivity index (χ4n) is 3.29. The van der Waals surface area contributed by atoms with Crippen molar-refractivity contribution < 1.29 is 26.7 Å². The van der Waals surface area contributed by atoms with Crippen LogP contribution < -0.4 is 0 Å². The number of likely N-dealkylation sites (tertiary alicyclic amines) is 1. The molecule has 2 aromatic carbocycles. The number of hydrogen-bond donors (Lipinski definition) is 0. The number of nitrogens with zero attached hydrogens (tertiary/aromatic N) is 1. The summed E-state index contributed by atoms with van der Waals surface area (Å²) in [4.78, 5) is 13.7. The van der Waals surface area contributed by atoms with E-state index in [9.17, 15) is 22.0 Å². The third kappa shape index (κ3) is 5.39. The molecule has 0 bridgehead atoms. The second-order valence-corrected chi connectivity index (χ2v) is 8.87. The summed E-state index contributed by atoms with van der Waals surface area (Å²) in [6, 6.07) is 14.8. The third-order valence-electron chi connectivity index (χ3n) is 4.90. The van der Waals surface area contributed by atoms with Crippen LogP contribution >= 0.6 is 0 Å². The molecule has 0 aromatic heterocycles. The van der Waals surface area contributed by atoms with Gasteiger partial charge in [-0.1, -0.05) is 30.3 Å². The Morgan fingerprint density at radius 2 is 1.79 bits per heavy atom. The molecular weight excluding hydrogens is 400 g/mol. The Hall–Kier alpha value is -2.32. The molecule has 29 heavy (non-hydrogen) atoms. The van der Waals surface area contributed by atoms with E-state index in [4.69, 9.17) is 4.74 Å². The van der Waals surface area contributed by atoms with Crippen LogP contribution in [0.4, 0.5) is 8.78 Å². The molecule has 5 nitrogen and oxygen atoms in total. The lowest BCUT2D eigenvalue weighted by Crippen LogP contribution is -2.30. The van der Waals surface area contributed by atoms with Crippen LogP contribution in [0.15, 0.2) is 59.5 Å². The average Bonchev–Trinajstić information content (AvgIpc) is 3.20. The van der Waals surface area contributed by atoms with E-state index in [2.05, 4.69) is 12.1 Å². The van der Waals surface area contributed by atoms with Crippen molar-refractivity contribution in [3.63, 3.8) is 0 Å². The van der Waals surface area contributed by atoms with E-state index in [1.54, 1.807) is 4.90 Å². The van der Waals surface area contributed by atoms with E-state index < -0.39 is 20.5 Å². The largest absolute Gasteiger partial charge is 0.376 e. The number of hydrogen-bond acceptors (Lipinski definition) is 4. The highest BCUT2D eigenvalue weighted by Gasteiger charge is 2.29. The lowest BCUT2D eigenvalue weighted by Gasteiger charge is -2.17. The summed E-state index contributed by atoms with van der Waals surface area (Å²) < 4.78 is 54.0. The number of benzene rings is 2. The van der Waals surface area contributed by atoms with Crippen molar-refractivity contribution in [3.05, 3.63) is 65.7 Å². The van der Waals surface area contributed by atoms with Crippen molar-refractivity contribution in [2.45, 2.75) is 36.0 Å². The van der Waals surface area contributed by atoms with Gasteiger partial charge in [0.1, 0.15) is 0 Å². The van der Waals surface area contributed by atoms with E-state index in [1.807, 2.05) is 18.2 Å². The molecule has 8 heteroatoms. The maximum Gasteiger partial charge on any atom is 0.341 e. The molecule has 0 saturated carbocycles. The lowest BCUT2D eigenvalue weighted by atomic mass is 10.1. The Morgan fingerprint density at radius 1 is 1.10 bits per heavy atom. The molecule has 0 N–H and O–H groups in total. The second-order valence-electron chi connectivity index (χ2n) is 6.95. The number of halogens is 2. The summed E-state index contributed by atoms with van der Waals surface area (Å²) in [5.74, 6) is -3.75. The molecule has 0 radical (unpaired) electrons. The maximum atomic E-state index is 12.6. The minimum atomic E-state index is -4.66. The zero-order chi connectivity index (χ0) is 20.9. The van der Waals surface area contributed by atoms with Crippen molar-refractivity contribution in [3.8, 4) is 0 Å². The molecule has 1 fully saturated rings. The van der Waals surface area contributed by atoms with Crippen molar-refractivity contribution in [1.82, 2.24) is 4.90 Å². The van der Waals surface area contributed by atoms with Gasteiger partial charge in [-0.15, -0.1) is 0 Å². The molecule has 0 spiro atoms. The molecular formula is C21H23F2NO4S. The van der Waals surface area contributed by atoms with Gasteiger partial charge in [0.05, 0.1) is 11.0 Å². The number of alkyl halides is 2. The van der Waals surface area contributed by atoms with Crippen LogP contribution in [0.1, 0.15) is 28.8 Å². The number of aryl methyl sites for hydroxylation is 1. The summed E-state index contributed by atoms with van der Waals surface area (Å²) in [7, 11) is -4.66. The van der Waals surface area contributed by atoms with Crippen molar-refractivity contribution >= 4 is 15.7 Å². The topological polar surface area (TPSA) is 63.7 Å². The number of rotatable bonds is 8. The Morgan fingerprint density at radius 3 is 2.45 bits per heavy atom. The smallest absolute Gasteiger partial charge is 0.341 e. The summed E-state index contributed by atoms with van der Waals surface area (Å²) in [5.41, 5.74) is 1.53. The van der Waals surface area contributed by atoms with Gasteiger partial charge in [0.2, 0.25) is 9.84 Å². The summed E-state index contributed by atoms with van der Waals surface area (Å²) >= 11 is 0. The fraction of sp³-hybridized carbons (Fsp3) is 0.381. The third-order valence-corrected chi connectivity index (χ3v) is 6.30. The normalized spacial score (nSPS) is 17.1. The summed E-state index contributed by atoms with van der Waals surface area (Å²) in [5, 5.41) is 0. The number of ether oxygens (including phenoxy) is 1. The van der Waals surface area contributed by atoms with Gasteiger partial charge in [-0.2, -0.15) is 8.78 Å². The fourth-order valence-corrected chi connectivity index (χ4v) is 4.01. The average molecular weight is 423 g/mol. The van der Waals surface area contributed by atoms with Gasteiger partial charge in [0.15, 0.2) is 0 Å². The van der Waals surface area contributed by atoms with Crippen LogP contribution in [0.25, 0.3) is 0 Å². The number of amides is 1. The molecule has 2 aromatic rings. The highest BCUT2D eigenvalue weighted by Crippen LogP contribution is 2.21. The molecule has 156 valence electrons. The Balaban J connectivity index is 1.47. The Kier molecular flexibility index (Phi) is 6.97. The predicted molar refractivity (Wildman–Crippen MR) is 105 cm³/mol. The number of sulfone groups is 1. The molecule has 1 aliphatic rings. The molecule has 1 unspecified atom stereocenters. The highest BCUT2D eigenvalue weighted by molar-refractivity contribution is 7.91. The van der Waals surface area contributed by atoms with E-state index in [1.165, 1.54) is 17.7 Å². The van der Waals surface area contributed by atoms with Gasteiger partial charge in [0, 0.05) is 25.3 Å². The van der Waals surface area contributed by atoms with E-state index in [-0.39, 0.29) is 17.6 Å². The van der Waals surface area contributed by atoms with Crippen LogP contribution in [0.5, 0.6) is 0 Å². The van der Waals surface area contributed by atoms with E-state index in [0.717, 1.165) is 31.4 Å². The molecule has 1 heterocycles. The zero-order valence-electron chi connectivity index (χ0n) is 15.8. The lowest BCUT2D eigenvalue weighted by molar-refractivity contribution is 0.0525. The number of carbonyl (C=O) groups excluding carboxylic acids is 1. The monoisotopic (exact) mass is 423 g/mol. The van der Waals surface area contributed by atoms with Crippen LogP contribution in [-0.4, -0.2) is 50.8 Å². The summed E-state index contributed by atoms with van der Waals surface area (Å²) in [6.07, 6.45) is 2.53. The van der Waals surface area contributed by atoms with Gasteiger partial charge in [-0.25, -0.2) is 8.42 Å². The zero-order valence-corrected chi connectivity index (χ0v) is 16.7. The molecule has 3 rings (SSSR count). The molecule has 1 aliphatic heterocycles. The first-order valence-electron chi connectivity index (χ1n) is 9.45. The van der Waals surface area contributed by atoms with Crippen LogP contribution in [-0.2, 0) is 21.0 Å². The van der Waals surface area contributed by atoms with Gasteiger partial charge in [-0.3, -0.25) is 4.79 Å². The molecule has 1 saturated heterocycles. The molecule has 1 amide bonds. The Bertz CT molecular complexity index is 917. The van der Waals surface area contributed by atoms with Gasteiger partial charge in [0.25, 0.3) is 5.91 Å². The molecule has 1 atom stereocenters. The van der Waals surface area contributed by atoms with Crippen molar-refractivity contribution in [1.29, 1.82) is 0 Å². The van der Waals surface area contributed by atoms with Gasteiger partial charge in [-0.05, 0) is 49.1 Å². The Labute approximate surface area is 169 Å². The minimum absolute atomic E-state index is 0.0341.